The van der Waals surface area contributed by atoms with Crippen LogP contribution in [0, 0.1) is 6.92 Å². The van der Waals surface area contributed by atoms with Gasteiger partial charge in [0.1, 0.15) is 6.04 Å². The van der Waals surface area contributed by atoms with Gasteiger partial charge < -0.3 is 10.4 Å². The summed E-state index contributed by atoms with van der Waals surface area (Å²) in [5.74, 6) is -0.502. The normalized spacial score (nSPS) is 11.3. The Labute approximate surface area is 163 Å². The van der Waals surface area contributed by atoms with Crippen molar-refractivity contribution >= 4 is 17.7 Å². The van der Waals surface area contributed by atoms with Crippen molar-refractivity contribution < 1.29 is 14.7 Å². The summed E-state index contributed by atoms with van der Waals surface area (Å²) in [7, 11) is 0. The molecule has 6 heteroatoms. The minimum atomic E-state index is -1.27. The SMILES string of the molecule is Cc1ccc(-c2ccccc2)cc1NNC(=O)C(NC(=O)O)c1ccccc1. The third kappa shape index (κ3) is 4.67. The molecule has 142 valence electrons. The summed E-state index contributed by atoms with van der Waals surface area (Å²) >= 11 is 0. The van der Waals surface area contributed by atoms with Crippen molar-refractivity contribution in [3.63, 3.8) is 0 Å². The third-order valence-electron chi connectivity index (χ3n) is 4.33. The van der Waals surface area contributed by atoms with Gasteiger partial charge in [-0.1, -0.05) is 72.8 Å². The molecule has 3 aromatic carbocycles. The maximum absolute atomic E-state index is 12.6. The zero-order valence-corrected chi connectivity index (χ0v) is 15.3. The number of nitrogens with one attached hydrogen (secondary N) is 3. The summed E-state index contributed by atoms with van der Waals surface area (Å²) in [6.07, 6.45) is -1.27. The summed E-state index contributed by atoms with van der Waals surface area (Å²) in [6.45, 7) is 1.92. The summed E-state index contributed by atoms with van der Waals surface area (Å²) in [6, 6.07) is 23.5. The second-order valence-electron chi connectivity index (χ2n) is 6.30. The smallest absolute Gasteiger partial charge is 0.405 e. The third-order valence-corrected chi connectivity index (χ3v) is 4.33. The van der Waals surface area contributed by atoms with Crippen molar-refractivity contribution in [2.45, 2.75) is 13.0 Å². The summed E-state index contributed by atoms with van der Waals surface area (Å²) in [5, 5.41) is 11.3. The number of carbonyl (C=O) groups is 2. The average molecular weight is 375 g/mol. The summed E-state index contributed by atoms with van der Waals surface area (Å²) < 4.78 is 0. The van der Waals surface area contributed by atoms with Crippen LogP contribution in [0.1, 0.15) is 17.2 Å². The highest BCUT2D eigenvalue weighted by molar-refractivity contribution is 5.87. The van der Waals surface area contributed by atoms with Gasteiger partial charge in [0.25, 0.3) is 5.91 Å². The number of aryl methyl sites for hydroxylation is 1. The number of hydrazine groups is 1. The molecule has 1 unspecified atom stereocenters. The molecule has 0 fully saturated rings. The van der Waals surface area contributed by atoms with Gasteiger partial charge in [-0.3, -0.25) is 15.6 Å². The van der Waals surface area contributed by atoms with E-state index in [0.29, 0.717) is 5.56 Å². The van der Waals surface area contributed by atoms with E-state index >= 15 is 0 Å². The van der Waals surface area contributed by atoms with Gasteiger partial charge in [0.15, 0.2) is 0 Å². The zero-order valence-electron chi connectivity index (χ0n) is 15.3. The van der Waals surface area contributed by atoms with Crippen LogP contribution < -0.4 is 16.2 Å². The van der Waals surface area contributed by atoms with Crippen LogP contribution in [0.5, 0.6) is 0 Å². The predicted octanol–water partition coefficient (Wildman–Crippen LogP) is 4.11. The number of amides is 2. The van der Waals surface area contributed by atoms with E-state index < -0.39 is 18.0 Å². The first-order valence-electron chi connectivity index (χ1n) is 8.81. The van der Waals surface area contributed by atoms with Crippen LogP contribution >= 0.6 is 0 Å². The predicted molar refractivity (Wildman–Crippen MR) is 109 cm³/mol. The summed E-state index contributed by atoms with van der Waals surface area (Å²) in [5.41, 5.74) is 9.82. The van der Waals surface area contributed by atoms with Gasteiger partial charge in [0.2, 0.25) is 0 Å². The van der Waals surface area contributed by atoms with Gasteiger partial charge in [-0.05, 0) is 35.2 Å². The molecule has 0 aliphatic rings. The molecule has 0 aliphatic carbocycles. The number of hydrogen-bond acceptors (Lipinski definition) is 3. The zero-order chi connectivity index (χ0) is 19.9. The minimum Gasteiger partial charge on any atom is -0.465 e. The molecule has 3 rings (SSSR count). The molecule has 4 N–H and O–H groups in total. The van der Waals surface area contributed by atoms with Crippen molar-refractivity contribution in [1.82, 2.24) is 10.7 Å². The molecule has 1 atom stereocenters. The highest BCUT2D eigenvalue weighted by Gasteiger charge is 2.22. The van der Waals surface area contributed by atoms with E-state index in [1.165, 1.54) is 0 Å². The Morgan fingerprint density at radius 2 is 1.50 bits per heavy atom. The Morgan fingerprint density at radius 3 is 2.14 bits per heavy atom. The van der Waals surface area contributed by atoms with Crippen LogP contribution in [0.15, 0.2) is 78.9 Å². The largest absolute Gasteiger partial charge is 0.465 e. The lowest BCUT2D eigenvalue weighted by Crippen LogP contribution is -2.42. The van der Waals surface area contributed by atoms with E-state index in [0.717, 1.165) is 22.4 Å². The Bertz CT molecular complexity index is 959. The second kappa shape index (κ2) is 8.73. The molecule has 0 aromatic heterocycles. The van der Waals surface area contributed by atoms with E-state index in [2.05, 4.69) is 16.2 Å². The Balaban J connectivity index is 1.76. The van der Waals surface area contributed by atoms with Crippen LogP contribution in [-0.4, -0.2) is 17.1 Å². The lowest BCUT2D eigenvalue weighted by molar-refractivity contribution is -0.122. The van der Waals surface area contributed by atoms with Crippen LogP contribution in [0.2, 0.25) is 0 Å². The van der Waals surface area contributed by atoms with E-state index in [9.17, 15) is 9.59 Å². The number of rotatable bonds is 6. The first-order chi connectivity index (χ1) is 13.5. The maximum Gasteiger partial charge on any atom is 0.405 e. The Hall–Kier alpha value is -3.80. The van der Waals surface area contributed by atoms with Gasteiger partial charge >= 0.3 is 6.09 Å². The van der Waals surface area contributed by atoms with Crippen molar-refractivity contribution in [3.05, 3.63) is 90.0 Å². The fourth-order valence-electron chi connectivity index (χ4n) is 2.84. The van der Waals surface area contributed by atoms with Crippen molar-refractivity contribution in [2.75, 3.05) is 5.43 Å². The number of anilines is 1. The Kier molecular flexibility index (Phi) is 5.91. The molecule has 28 heavy (non-hydrogen) atoms. The quantitative estimate of drug-likeness (QED) is 0.488. The van der Waals surface area contributed by atoms with Crippen molar-refractivity contribution in [3.8, 4) is 11.1 Å². The molecule has 2 amide bonds. The molecule has 3 aromatic rings. The van der Waals surface area contributed by atoms with E-state index in [1.807, 2.05) is 55.5 Å². The molecule has 0 saturated carbocycles. The van der Waals surface area contributed by atoms with E-state index in [-0.39, 0.29) is 0 Å². The molecular formula is C22H21N3O3. The number of carboxylic acid groups (broad SMARTS) is 1. The monoisotopic (exact) mass is 375 g/mol. The molecule has 0 spiro atoms. The maximum atomic E-state index is 12.6. The van der Waals surface area contributed by atoms with Gasteiger partial charge in [-0.15, -0.1) is 0 Å². The van der Waals surface area contributed by atoms with Crippen LogP contribution in [-0.2, 0) is 4.79 Å². The highest BCUT2D eigenvalue weighted by Crippen LogP contribution is 2.25. The van der Waals surface area contributed by atoms with Gasteiger partial charge in [-0.2, -0.15) is 0 Å². The number of hydrogen-bond donors (Lipinski definition) is 4. The molecule has 6 nitrogen and oxygen atoms in total. The molecule has 0 aliphatic heterocycles. The molecule has 0 radical (unpaired) electrons. The Morgan fingerprint density at radius 1 is 0.857 bits per heavy atom. The van der Waals surface area contributed by atoms with Gasteiger partial charge in [0.05, 0.1) is 5.69 Å². The fourth-order valence-corrected chi connectivity index (χ4v) is 2.84. The first-order valence-corrected chi connectivity index (χ1v) is 8.81. The molecule has 0 bridgehead atoms. The van der Waals surface area contributed by atoms with Crippen LogP contribution in [0.25, 0.3) is 11.1 Å². The van der Waals surface area contributed by atoms with Gasteiger partial charge in [-0.25, -0.2) is 4.79 Å². The highest BCUT2D eigenvalue weighted by atomic mass is 16.4. The van der Waals surface area contributed by atoms with Crippen molar-refractivity contribution in [1.29, 1.82) is 0 Å². The number of carbonyl (C=O) groups excluding carboxylic acids is 1. The van der Waals surface area contributed by atoms with E-state index in [4.69, 9.17) is 5.11 Å². The van der Waals surface area contributed by atoms with Crippen molar-refractivity contribution in [2.24, 2.45) is 0 Å². The molecular weight excluding hydrogens is 354 g/mol. The van der Waals surface area contributed by atoms with Crippen LogP contribution in [0.4, 0.5) is 10.5 Å². The first kappa shape index (κ1) is 19.0. The van der Waals surface area contributed by atoms with Gasteiger partial charge in [0, 0.05) is 0 Å². The fraction of sp³-hybridized carbons (Fsp3) is 0.0909. The lowest BCUT2D eigenvalue weighted by Gasteiger charge is -2.19. The molecule has 0 heterocycles. The molecule has 0 saturated heterocycles. The topological polar surface area (TPSA) is 90.5 Å². The average Bonchev–Trinajstić information content (AvgIpc) is 2.72. The standard InChI is InChI=1S/C22H21N3O3/c1-15-12-13-18(16-8-4-2-5-9-16)14-19(15)24-25-21(26)20(23-22(27)28)17-10-6-3-7-11-17/h2-14,20,23-24H,1H3,(H,25,26)(H,27,28). The van der Waals surface area contributed by atoms with E-state index in [1.54, 1.807) is 30.3 Å². The lowest BCUT2D eigenvalue weighted by atomic mass is 10.0. The second-order valence-corrected chi connectivity index (χ2v) is 6.30. The van der Waals surface area contributed by atoms with Crippen LogP contribution in [0.3, 0.4) is 0 Å². The number of benzene rings is 3. The minimum absolute atomic E-state index is 0.502. The summed E-state index contributed by atoms with van der Waals surface area (Å²) in [4.78, 5) is 23.7.